The molecule has 76 valence electrons. The lowest BCUT2D eigenvalue weighted by Gasteiger charge is -2.26. The van der Waals surface area contributed by atoms with E-state index < -0.39 is 0 Å². The first kappa shape index (κ1) is 10.3. The summed E-state index contributed by atoms with van der Waals surface area (Å²) in [6.07, 6.45) is 1.82. The maximum Gasteiger partial charge on any atom is 0.409 e. The number of hydrogen-bond donors (Lipinski definition) is 1. The molecule has 1 amide bonds. The molecule has 1 N–H and O–H groups in total. The molecule has 1 aliphatic heterocycles. The topological polar surface area (TPSA) is 41.6 Å². The molecule has 1 unspecified atom stereocenters. The highest BCUT2D eigenvalue weighted by molar-refractivity contribution is 5.67. The molecule has 0 bridgehead atoms. The molecule has 0 aromatic rings. The summed E-state index contributed by atoms with van der Waals surface area (Å²) < 4.78 is 4.74. The lowest BCUT2D eigenvalue weighted by Crippen LogP contribution is -2.41. The molecule has 0 aliphatic carbocycles. The van der Waals surface area contributed by atoms with Crippen molar-refractivity contribution < 1.29 is 9.53 Å². The van der Waals surface area contributed by atoms with Crippen LogP contribution in [-0.4, -0.2) is 43.8 Å². The lowest BCUT2D eigenvalue weighted by atomic mass is 10.2. The number of rotatable bonds is 3. The van der Waals surface area contributed by atoms with Crippen LogP contribution in [0, 0.1) is 0 Å². The molecular weight excluding hydrogens is 168 g/mol. The van der Waals surface area contributed by atoms with Gasteiger partial charge in [0.15, 0.2) is 0 Å². The van der Waals surface area contributed by atoms with E-state index in [2.05, 4.69) is 12.2 Å². The molecule has 1 atom stereocenters. The smallest absolute Gasteiger partial charge is 0.409 e. The SMILES string of the molecule is CCCN(C(=O)OC)C1CCNC1. The number of nitrogens with one attached hydrogen (secondary N) is 1. The fourth-order valence-corrected chi connectivity index (χ4v) is 1.69. The molecule has 1 fully saturated rings. The Labute approximate surface area is 79.2 Å². The summed E-state index contributed by atoms with van der Waals surface area (Å²) in [6.45, 7) is 4.76. The van der Waals surface area contributed by atoms with Gasteiger partial charge in [0, 0.05) is 19.1 Å². The van der Waals surface area contributed by atoms with Crippen LogP contribution in [0.3, 0.4) is 0 Å². The predicted molar refractivity (Wildman–Crippen MR) is 50.7 cm³/mol. The van der Waals surface area contributed by atoms with E-state index in [0.29, 0.717) is 6.04 Å². The number of methoxy groups -OCH3 is 1. The van der Waals surface area contributed by atoms with E-state index >= 15 is 0 Å². The number of nitrogens with zero attached hydrogens (tertiary/aromatic N) is 1. The van der Waals surface area contributed by atoms with E-state index in [4.69, 9.17) is 4.74 Å². The van der Waals surface area contributed by atoms with Crippen LogP contribution in [0.1, 0.15) is 19.8 Å². The number of carbonyl (C=O) groups is 1. The number of ether oxygens (including phenoxy) is 1. The molecule has 1 rings (SSSR count). The van der Waals surface area contributed by atoms with Crippen LogP contribution in [-0.2, 0) is 4.74 Å². The van der Waals surface area contributed by atoms with Crippen molar-refractivity contribution in [2.75, 3.05) is 26.7 Å². The molecule has 13 heavy (non-hydrogen) atoms. The summed E-state index contributed by atoms with van der Waals surface area (Å²) >= 11 is 0. The van der Waals surface area contributed by atoms with Crippen LogP contribution >= 0.6 is 0 Å². The minimum atomic E-state index is -0.199. The first-order chi connectivity index (χ1) is 6.29. The Morgan fingerprint density at radius 1 is 1.69 bits per heavy atom. The quantitative estimate of drug-likeness (QED) is 0.709. The third-order valence-electron chi connectivity index (χ3n) is 2.35. The molecule has 4 nitrogen and oxygen atoms in total. The highest BCUT2D eigenvalue weighted by atomic mass is 16.5. The van der Waals surface area contributed by atoms with Crippen molar-refractivity contribution in [1.82, 2.24) is 10.2 Å². The maximum absolute atomic E-state index is 11.4. The lowest BCUT2D eigenvalue weighted by molar-refractivity contribution is 0.108. The minimum Gasteiger partial charge on any atom is -0.453 e. The average molecular weight is 186 g/mol. The van der Waals surface area contributed by atoms with Crippen molar-refractivity contribution >= 4 is 6.09 Å². The van der Waals surface area contributed by atoms with Gasteiger partial charge in [-0.15, -0.1) is 0 Å². The van der Waals surface area contributed by atoms with Gasteiger partial charge in [-0.2, -0.15) is 0 Å². The fourth-order valence-electron chi connectivity index (χ4n) is 1.69. The Bertz CT molecular complexity index is 167. The second kappa shape index (κ2) is 5.07. The van der Waals surface area contributed by atoms with Crippen LogP contribution in [0.15, 0.2) is 0 Å². The second-order valence-corrected chi connectivity index (χ2v) is 3.31. The Hall–Kier alpha value is -0.770. The maximum atomic E-state index is 11.4. The van der Waals surface area contributed by atoms with Gasteiger partial charge >= 0.3 is 6.09 Å². The van der Waals surface area contributed by atoms with Crippen LogP contribution in [0.25, 0.3) is 0 Å². The van der Waals surface area contributed by atoms with E-state index in [0.717, 1.165) is 32.5 Å². The molecule has 0 aromatic heterocycles. The average Bonchev–Trinajstić information content (AvgIpc) is 2.65. The van der Waals surface area contributed by atoms with Gasteiger partial charge in [0.05, 0.1) is 7.11 Å². The van der Waals surface area contributed by atoms with Crippen molar-refractivity contribution in [3.8, 4) is 0 Å². The van der Waals surface area contributed by atoms with Crippen LogP contribution < -0.4 is 5.32 Å². The summed E-state index contributed by atoms with van der Waals surface area (Å²) in [7, 11) is 1.44. The van der Waals surface area contributed by atoms with Gasteiger partial charge in [-0.1, -0.05) is 6.92 Å². The van der Waals surface area contributed by atoms with Gasteiger partial charge in [-0.05, 0) is 19.4 Å². The highest BCUT2D eigenvalue weighted by Gasteiger charge is 2.25. The number of hydrogen-bond acceptors (Lipinski definition) is 3. The Morgan fingerprint density at radius 3 is 2.92 bits per heavy atom. The molecule has 1 aliphatic rings. The Balaban J connectivity index is 2.49. The third-order valence-corrected chi connectivity index (χ3v) is 2.35. The van der Waals surface area contributed by atoms with E-state index in [1.54, 1.807) is 0 Å². The summed E-state index contributed by atoms with van der Waals surface area (Å²) in [6, 6.07) is 0.326. The van der Waals surface area contributed by atoms with Gasteiger partial charge in [0.2, 0.25) is 0 Å². The fraction of sp³-hybridized carbons (Fsp3) is 0.889. The Morgan fingerprint density at radius 2 is 2.46 bits per heavy atom. The first-order valence-corrected chi connectivity index (χ1v) is 4.85. The predicted octanol–water partition coefficient (Wildman–Crippen LogP) is 0.827. The molecule has 0 aromatic carbocycles. The van der Waals surface area contributed by atoms with E-state index in [-0.39, 0.29) is 6.09 Å². The third kappa shape index (κ3) is 2.59. The van der Waals surface area contributed by atoms with Gasteiger partial charge in [0.1, 0.15) is 0 Å². The van der Waals surface area contributed by atoms with E-state index in [1.165, 1.54) is 7.11 Å². The number of carbonyl (C=O) groups excluding carboxylic acids is 1. The van der Waals surface area contributed by atoms with Crippen molar-refractivity contribution in [2.45, 2.75) is 25.8 Å². The zero-order chi connectivity index (χ0) is 9.68. The van der Waals surface area contributed by atoms with Gasteiger partial charge in [0.25, 0.3) is 0 Å². The van der Waals surface area contributed by atoms with Gasteiger partial charge in [-0.3, -0.25) is 0 Å². The van der Waals surface area contributed by atoms with Gasteiger partial charge < -0.3 is 15.0 Å². The largest absolute Gasteiger partial charge is 0.453 e. The zero-order valence-electron chi connectivity index (χ0n) is 8.38. The zero-order valence-corrected chi connectivity index (χ0v) is 8.38. The van der Waals surface area contributed by atoms with E-state index in [9.17, 15) is 4.79 Å². The molecule has 0 radical (unpaired) electrons. The van der Waals surface area contributed by atoms with Crippen LogP contribution in [0.5, 0.6) is 0 Å². The highest BCUT2D eigenvalue weighted by Crippen LogP contribution is 2.10. The summed E-state index contributed by atoms with van der Waals surface area (Å²) in [5.74, 6) is 0. The molecule has 0 saturated carbocycles. The van der Waals surface area contributed by atoms with Crippen LogP contribution in [0.4, 0.5) is 4.79 Å². The van der Waals surface area contributed by atoms with Crippen molar-refractivity contribution in [3.05, 3.63) is 0 Å². The van der Waals surface area contributed by atoms with Gasteiger partial charge in [-0.25, -0.2) is 4.79 Å². The van der Waals surface area contributed by atoms with Crippen LogP contribution in [0.2, 0.25) is 0 Å². The molecule has 1 saturated heterocycles. The molecule has 0 spiro atoms. The monoisotopic (exact) mass is 186 g/mol. The minimum absolute atomic E-state index is 0.199. The van der Waals surface area contributed by atoms with Crippen molar-refractivity contribution in [3.63, 3.8) is 0 Å². The second-order valence-electron chi connectivity index (χ2n) is 3.31. The number of amides is 1. The first-order valence-electron chi connectivity index (χ1n) is 4.85. The summed E-state index contributed by atoms with van der Waals surface area (Å²) in [4.78, 5) is 13.2. The molecule has 4 heteroatoms. The standard InChI is InChI=1S/C9H18N2O2/c1-3-6-11(9(12)13-2)8-4-5-10-7-8/h8,10H,3-7H2,1-2H3. The van der Waals surface area contributed by atoms with Crippen molar-refractivity contribution in [1.29, 1.82) is 0 Å². The Kier molecular flexibility index (Phi) is 4.02. The molecule has 1 heterocycles. The van der Waals surface area contributed by atoms with Crippen molar-refractivity contribution in [2.24, 2.45) is 0 Å². The summed E-state index contributed by atoms with van der Waals surface area (Å²) in [5.41, 5.74) is 0. The summed E-state index contributed by atoms with van der Waals surface area (Å²) in [5, 5.41) is 3.24. The van der Waals surface area contributed by atoms with E-state index in [1.807, 2.05) is 4.90 Å². The normalized spacial score (nSPS) is 21.5. The molecular formula is C9H18N2O2.